The van der Waals surface area contributed by atoms with Crippen molar-refractivity contribution in [2.45, 2.75) is 52.1 Å². The summed E-state index contributed by atoms with van der Waals surface area (Å²) < 4.78 is 1.95. The quantitative estimate of drug-likeness (QED) is 0.921. The molecule has 3 heteroatoms. The summed E-state index contributed by atoms with van der Waals surface area (Å²) in [5.41, 5.74) is 2.86. The minimum atomic E-state index is 0.490. The maximum Gasteiger partial charge on any atom is 0.0645 e. The standard InChI is InChI=1S/C18H25N3/c1-18(2)10-6-7-16(11-18)19-12-15-13-20-21(14-15)17-8-4-3-5-9-17/h3-5,8-9,13-14,16,19H,6-7,10-12H2,1-2H3. The van der Waals surface area contributed by atoms with Crippen LogP contribution in [-0.2, 0) is 6.54 Å². The molecule has 1 atom stereocenters. The summed E-state index contributed by atoms with van der Waals surface area (Å²) in [4.78, 5) is 0. The third-order valence-corrected chi connectivity index (χ3v) is 4.46. The monoisotopic (exact) mass is 283 g/mol. The third kappa shape index (κ3) is 3.73. The minimum absolute atomic E-state index is 0.490. The highest BCUT2D eigenvalue weighted by Gasteiger charge is 2.27. The molecule has 0 amide bonds. The summed E-state index contributed by atoms with van der Waals surface area (Å²) in [5, 5.41) is 8.16. The van der Waals surface area contributed by atoms with E-state index >= 15 is 0 Å². The summed E-state index contributed by atoms with van der Waals surface area (Å²) in [6, 6.07) is 10.9. The molecule has 1 aliphatic carbocycles. The van der Waals surface area contributed by atoms with Crippen LogP contribution in [0.25, 0.3) is 5.69 Å². The second kappa shape index (κ2) is 6.02. The van der Waals surface area contributed by atoms with Gasteiger partial charge in [0.25, 0.3) is 0 Å². The fourth-order valence-corrected chi connectivity index (χ4v) is 3.31. The van der Waals surface area contributed by atoms with Gasteiger partial charge in [0, 0.05) is 24.3 Å². The number of benzene rings is 1. The molecule has 2 aromatic rings. The van der Waals surface area contributed by atoms with Crippen molar-refractivity contribution in [3.05, 3.63) is 48.3 Å². The van der Waals surface area contributed by atoms with Gasteiger partial charge in [0.15, 0.2) is 0 Å². The molecule has 1 aromatic carbocycles. The van der Waals surface area contributed by atoms with Gasteiger partial charge in [-0.25, -0.2) is 4.68 Å². The summed E-state index contributed by atoms with van der Waals surface area (Å²) in [7, 11) is 0. The molecule has 0 bridgehead atoms. The van der Waals surface area contributed by atoms with Crippen LogP contribution in [0.1, 0.15) is 45.1 Å². The van der Waals surface area contributed by atoms with Crippen molar-refractivity contribution in [3.63, 3.8) is 0 Å². The highest BCUT2D eigenvalue weighted by Crippen LogP contribution is 2.35. The average Bonchev–Trinajstić information content (AvgIpc) is 2.94. The maximum absolute atomic E-state index is 4.46. The third-order valence-electron chi connectivity index (χ3n) is 4.46. The van der Waals surface area contributed by atoms with Gasteiger partial charge in [-0.1, -0.05) is 38.5 Å². The largest absolute Gasteiger partial charge is 0.310 e. The molecule has 1 aliphatic rings. The molecule has 0 saturated heterocycles. The highest BCUT2D eigenvalue weighted by atomic mass is 15.3. The number of para-hydroxylation sites is 1. The Bertz CT molecular complexity index is 571. The Labute approximate surface area is 127 Å². The first-order chi connectivity index (χ1) is 10.1. The van der Waals surface area contributed by atoms with Crippen LogP contribution in [0.3, 0.4) is 0 Å². The first kappa shape index (κ1) is 14.3. The topological polar surface area (TPSA) is 29.9 Å². The minimum Gasteiger partial charge on any atom is -0.310 e. The zero-order chi connectivity index (χ0) is 14.7. The molecule has 21 heavy (non-hydrogen) atoms. The fraction of sp³-hybridized carbons (Fsp3) is 0.500. The van der Waals surface area contributed by atoms with Crippen LogP contribution in [0.15, 0.2) is 42.7 Å². The molecule has 1 saturated carbocycles. The molecule has 1 heterocycles. The number of rotatable bonds is 4. The molecule has 0 radical (unpaired) electrons. The summed E-state index contributed by atoms with van der Waals surface area (Å²) >= 11 is 0. The van der Waals surface area contributed by atoms with Crippen LogP contribution >= 0.6 is 0 Å². The summed E-state index contributed by atoms with van der Waals surface area (Å²) in [6.45, 7) is 5.68. The van der Waals surface area contributed by atoms with E-state index in [4.69, 9.17) is 0 Å². The van der Waals surface area contributed by atoms with Crippen LogP contribution in [-0.4, -0.2) is 15.8 Å². The molecule has 1 aromatic heterocycles. The van der Waals surface area contributed by atoms with Crippen LogP contribution in [0, 0.1) is 5.41 Å². The van der Waals surface area contributed by atoms with Crippen molar-refractivity contribution in [2.24, 2.45) is 5.41 Å². The lowest BCUT2D eigenvalue weighted by molar-refractivity contribution is 0.198. The molecule has 1 fully saturated rings. The highest BCUT2D eigenvalue weighted by molar-refractivity contribution is 5.30. The Balaban J connectivity index is 1.58. The van der Waals surface area contributed by atoms with Crippen molar-refractivity contribution in [2.75, 3.05) is 0 Å². The Morgan fingerprint density at radius 3 is 2.86 bits per heavy atom. The Morgan fingerprint density at radius 1 is 1.29 bits per heavy atom. The lowest BCUT2D eigenvalue weighted by Gasteiger charge is -2.35. The molecule has 3 rings (SSSR count). The normalized spacial score (nSPS) is 21.3. The van der Waals surface area contributed by atoms with Crippen molar-refractivity contribution >= 4 is 0 Å². The van der Waals surface area contributed by atoms with E-state index < -0.39 is 0 Å². The Hall–Kier alpha value is -1.61. The first-order valence-corrected chi connectivity index (χ1v) is 7.95. The van der Waals surface area contributed by atoms with Gasteiger partial charge >= 0.3 is 0 Å². The lowest BCUT2D eigenvalue weighted by Crippen LogP contribution is -2.36. The number of nitrogens with zero attached hydrogens (tertiary/aromatic N) is 2. The molecule has 1 unspecified atom stereocenters. The van der Waals surface area contributed by atoms with Gasteiger partial charge in [-0.05, 0) is 36.8 Å². The van der Waals surface area contributed by atoms with E-state index in [1.165, 1.54) is 31.2 Å². The van der Waals surface area contributed by atoms with Gasteiger partial charge in [0.1, 0.15) is 0 Å². The lowest BCUT2D eigenvalue weighted by atomic mass is 9.75. The van der Waals surface area contributed by atoms with E-state index in [1.54, 1.807) is 0 Å². The fourth-order valence-electron chi connectivity index (χ4n) is 3.31. The maximum atomic E-state index is 4.46. The van der Waals surface area contributed by atoms with E-state index in [2.05, 4.69) is 42.6 Å². The van der Waals surface area contributed by atoms with Crippen LogP contribution in [0.4, 0.5) is 0 Å². The molecular formula is C18H25N3. The molecule has 0 aliphatic heterocycles. The number of hydrogen-bond acceptors (Lipinski definition) is 2. The Kier molecular flexibility index (Phi) is 4.11. The Morgan fingerprint density at radius 2 is 2.10 bits per heavy atom. The van der Waals surface area contributed by atoms with E-state index in [0.29, 0.717) is 11.5 Å². The second-order valence-corrected chi connectivity index (χ2v) is 6.97. The van der Waals surface area contributed by atoms with E-state index in [0.717, 1.165) is 12.2 Å². The smallest absolute Gasteiger partial charge is 0.0645 e. The first-order valence-electron chi connectivity index (χ1n) is 7.95. The number of hydrogen-bond donors (Lipinski definition) is 1. The van der Waals surface area contributed by atoms with Gasteiger partial charge in [-0.15, -0.1) is 0 Å². The summed E-state index contributed by atoms with van der Waals surface area (Å²) in [6.07, 6.45) is 9.37. The van der Waals surface area contributed by atoms with Crippen molar-refractivity contribution in [3.8, 4) is 5.69 Å². The zero-order valence-corrected chi connectivity index (χ0v) is 13.0. The second-order valence-electron chi connectivity index (χ2n) is 6.97. The van der Waals surface area contributed by atoms with Gasteiger partial charge < -0.3 is 5.32 Å². The van der Waals surface area contributed by atoms with Crippen LogP contribution in [0.5, 0.6) is 0 Å². The van der Waals surface area contributed by atoms with Gasteiger partial charge in [-0.2, -0.15) is 5.10 Å². The molecule has 3 nitrogen and oxygen atoms in total. The van der Waals surface area contributed by atoms with Crippen LogP contribution in [0.2, 0.25) is 0 Å². The zero-order valence-electron chi connectivity index (χ0n) is 13.0. The SMILES string of the molecule is CC1(C)CCCC(NCc2cnn(-c3ccccc3)c2)C1. The van der Waals surface area contributed by atoms with E-state index in [9.17, 15) is 0 Å². The molecule has 112 valence electrons. The van der Waals surface area contributed by atoms with Crippen LogP contribution < -0.4 is 5.32 Å². The van der Waals surface area contributed by atoms with Crippen molar-refractivity contribution in [1.82, 2.24) is 15.1 Å². The van der Waals surface area contributed by atoms with Gasteiger partial charge in [-0.3, -0.25) is 0 Å². The molecular weight excluding hydrogens is 258 g/mol. The average molecular weight is 283 g/mol. The van der Waals surface area contributed by atoms with Crippen molar-refractivity contribution < 1.29 is 0 Å². The van der Waals surface area contributed by atoms with Gasteiger partial charge in [0.05, 0.1) is 11.9 Å². The number of aromatic nitrogens is 2. The van der Waals surface area contributed by atoms with E-state index in [1.807, 2.05) is 29.1 Å². The van der Waals surface area contributed by atoms with E-state index in [-0.39, 0.29) is 0 Å². The summed E-state index contributed by atoms with van der Waals surface area (Å²) in [5.74, 6) is 0. The predicted octanol–water partition coefficient (Wildman–Crippen LogP) is 3.93. The van der Waals surface area contributed by atoms with Gasteiger partial charge in [0.2, 0.25) is 0 Å². The predicted molar refractivity (Wildman–Crippen MR) is 86.4 cm³/mol. The molecule has 1 N–H and O–H groups in total. The number of nitrogens with one attached hydrogen (secondary N) is 1. The van der Waals surface area contributed by atoms with Crippen molar-refractivity contribution in [1.29, 1.82) is 0 Å². The molecule has 0 spiro atoms.